The topological polar surface area (TPSA) is 53.5 Å². The van der Waals surface area contributed by atoms with Gasteiger partial charge in [-0.15, -0.1) is 0 Å². The highest BCUT2D eigenvalue weighted by Gasteiger charge is 2.14. The van der Waals surface area contributed by atoms with Crippen LogP contribution in [-0.4, -0.2) is 24.2 Å². The molecule has 0 fully saturated rings. The minimum Gasteiger partial charge on any atom is -0.493 e. The second kappa shape index (κ2) is 5.55. The van der Waals surface area contributed by atoms with Gasteiger partial charge in [-0.2, -0.15) is 4.98 Å². The Hall–Kier alpha value is -2.01. The summed E-state index contributed by atoms with van der Waals surface area (Å²) in [6, 6.07) is 7.21. The Morgan fingerprint density at radius 2 is 1.72 bits per heavy atom. The van der Waals surface area contributed by atoms with Gasteiger partial charge in [-0.05, 0) is 12.1 Å². The average Bonchev–Trinajstić information content (AvgIpc) is 2.40. The molecule has 2 aromatic rings. The predicted octanol–water partition coefficient (Wildman–Crippen LogP) is 2.94. The molecule has 0 N–H and O–H groups in total. The van der Waals surface area contributed by atoms with Crippen molar-refractivity contribution in [2.45, 2.75) is 0 Å². The Morgan fingerprint density at radius 1 is 1.00 bits per heavy atom. The van der Waals surface area contributed by atoms with E-state index in [2.05, 4.69) is 9.97 Å². The van der Waals surface area contributed by atoms with Crippen LogP contribution in [0.2, 0.25) is 5.15 Å². The first-order chi connectivity index (χ1) is 8.76. The van der Waals surface area contributed by atoms with Gasteiger partial charge in [0.15, 0.2) is 16.7 Å². The second-order valence-electron chi connectivity index (χ2n) is 3.26. The van der Waals surface area contributed by atoms with Gasteiger partial charge >= 0.3 is 0 Å². The van der Waals surface area contributed by atoms with Gasteiger partial charge in [-0.3, -0.25) is 0 Å². The van der Waals surface area contributed by atoms with Crippen LogP contribution in [0.1, 0.15) is 0 Å². The van der Waals surface area contributed by atoms with Crippen LogP contribution < -0.4 is 14.2 Å². The van der Waals surface area contributed by atoms with E-state index in [0.29, 0.717) is 11.5 Å². The van der Waals surface area contributed by atoms with Gasteiger partial charge in [0.05, 0.1) is 14.2 Å². The van der Waals surface area contributed by atoms with Gasteiger partial charge in [0.2, 0.25) is 5.75 Å². The molecule has 0 aliphatic heterocycles. The predicted molar refractivity (Wildman–Crippen MR) is 66.7 cm³/mol. The minimum absolute atomic E-state index is 0.192. The zero-order chi connectivity index (χ0) is 13.0. The Kier molecular flexibility index (Phi) is 3.84. The van der Waals surface area contributed by atoms with E-state index < -0.39 is 0 Å². The molecule has 1 aromatic heterocycles. The van der Waals surface area contributed by atoms with E-state index in [1.54, 1.807) is 19.2 Å². The van der Waals surface area contributed by atoms with E-state index in [4.69, 9.17) is 25.8 Å². The van der Waals surface area contributed by atoms with Gasteiger partial charge < -0.3 is 14.2 Å². The molecule has 0 spiro atoms. The summed E-state index contributed by atoms with van der Waals surface area (Å²) >= 11 is 5.88. The fraction of sp³-hybridized carbons (Fsp3) is 0.167. The smallest absolute Gasteiger partial charge is 0.267 e. The number of nitrogens with zero attached hydrogens (tertiary/aromatic N) is 2. The van der Waals surface area contributed by atoms with E-state index in [0.717, 1.165) is 0 Å². The summed E-state index contributed by atoms with van der Waals surface area (Å²) in [5, 5.41) is 0.192. The summed E-state index contributed by atoms with van der Waals surface area (Å²) in [5.41, 5.74) is 0. The van der Waals surface area contributed by atoms with E-state index >= 15 is 0 Å². The molecule has 0 unspecified atom stereocenters. The highest BCUT2D eigenvalue weighted by Crippen LogP contribution is 2.36. The van der Waals surface area contributed by atoms with E-state index in [9.17, 15) is 0 Å². The van der Waals surface area contributed by atoms with Crippen LogP contribution in [0.4, 0.5) is 0 Å². The first-order valence-electron chi connectivity index (χ1n) is 5.11. The third kappa shape index (κ3) is 2.46. The monoisotopic (exact) mass is 266 g/mol. The molecule has 0 radical (unpaired) electrons. The minimum atomic E-state index is 0.192. The quantitative estimate of drug-likeness (QED) is 0.797. The second-order valence-corrected chi connectivity index (χ2v) is 3.61. The first kappa shape index (κ1) is 12.4. The molecule has 2 rings (SSSR count). The maximum Gasteiger partial charge on any atom is 0.267 e. The molecule has 6 heteroatoms. The zero-order valence-corrected chi connectivity index (χ0v) is 10.6. The standard InChI is InChI=1S/C12H11ClN2O3/c1-16-8-5-3-4-6-9(8)18-12-10(17-2)11(13)14-7-15-12/h3-7H,1-2H3. The van der Waals surface area contributed by atoms with Crippen LogP contribution >= 0.6 is 11.6 Å². The van der Waals surface area contributed by atoms with E-state index in [1.165, 1.54) is 13.4 Å². The normalized spacial score (nSPS) is 9.94. The molecule has 94 valence electrons. The number of methoxy groups -OCH3 is 2. The molecule has 0 amide bonds. The number of aromatic nitrogens is 2. The molecule has 0 saturated heterocycles. The molecule has 1 aromatic carbocycles. The van der Waals surface area contributed by atoms with Crippen molar-refractivity contribution in [3.8, 4) is 23.1 Å². The van der Waals surface area contributed by atoms with Crippen LogP contribution in [-0.2, 0) is 0 Å². The van der Waals surface area contributed by atoms with Crippen molar-refractivity contribution < 1.29 is 14.2 Å². The van der Waals surface area contributed by atoms with Gasteiger partial charge in [0.1, 0.15) is 6.33 Å². The van der Waals surface area contributed by atoms with Gasteiger partial charge in [0, 0.05) is 0 Å². The maximum absolute atomic E-state index is 5.88. The molecular formula is C12H11ClN2O3. The molecule has 0 bridgehead atoms. The highest BCUT2D eigenvalue weighted by molar-refractivity contribution is 6.31. The van der Waals surface area contributed by atoms with Crippen molar-refractivity contribution in [3.05, 3.63) is 35.7 Å². The lowest BCUT2D eigenvalue weighted by molar-refractivity contribution is 0.347. The van der Waals surface area contributed by atoms with E-state index in [1.807, 2.05) is 12.1 Å². The molecule has 0 saturated carbocycles. The van der Waals surface area contributed by atoms with Crippen LogP contribution in [0.5, 0.6) is 23.1 Å². The summed E-state index contributed by atoms with van der Waals surface area (Å²) in [7, 11) is 3.03. The number of benzene rings is 1. The molecule has 5 nitrogen and oxygen atoms in total. The highest BCUT2D eigenvalue weighted by atomic mass is 35.5. The largest absolute Gasteiger partial charge is 0.493 e. The summed E-state index contributed by atoms with van der Waals surface area (Å²) < 4.78 is 15.9. The Bertz CT molecular complexity index is 549. The molecule has 0 aliphatic carbocycles. The third-order valence-electron chi connectivity index (χ3n) is 2.21. The number of halogens is 1. The lowest BCUT2D eigenvalue weighted by Crippen LogP contribution is -1.97. The average molecular weight is 267 g/mol. The van der Waals surface area contributed by atoms with Crippen LogP contribution in [0.25, 0.3) is 0 Å². The molecule has 1 heterocycles. The van der Waals surface area contributed by atoms with Crippen LogP contribution in [0.15, 0.2) is 30.6 Å². The summed E-state index contributed by atoms with van der Waals surface area (Å²) in [5.74, 6) is 1.63. The number of hydrogen-bond acceptors (Lipinski definition) is 5. The van der Waals surface area contributed by atoms with Crippen LogP contribution in [0.3, 0.4) is 0 Å². The van der Waals surface area contributed by atoms with E-state index in [-0.39, 0.29) is 16.8 Å². The van der Waals surface area contributed by atoms with Crippen molar-refractivity contribution in [3.63, 3.8) is 0 Å². The lowest BCUT2D eigenvalue weighted by Gasteiger charge is -2.11. The Labute approximate surface area is 109 Å². The number of rotatable bonds is 4. The maximum atomic E-state index is 5.88. The summed E-state index contributed by atoms with van der Waals surface area (Å²) in [4.78, 5) is 7.80. The van der Waals surface area contributed by atoms with Crippen molar-refractivity contribution in [1.29, 1.82) is 0 Å². The molecule has 18 heavy (non-hydrogen) atoms. The van der Waals surface area contributed by atoms with Crippen LogP contribution in [0, 0.1) is 0 Å². The number of hydrogen-bond donors (Lipinski definition) is 0. The van der Waals surface area contributed by atoms with Crippen molar-refractivity contribution >= 4 is 11.6 Å². The van der Waals surface area contributed by atoms with Gasteiger partial charge in [0.25, 0.3) is 5.88 Å². The number of para-hydroxylation sites is 2. The summed E-state index contributed by atoms with van der Waals surface area (Å²) in [6.45, 7) is 0. The number of ether oxygens (including phenoxy) is 3. The fourth-order valence-electron chi connectivity index (χ4n) is 1.39. The fourth-order valence-corrected chi connectivity index (χ4v) is 1.59. The van der Waals surface area contributed by atoms with Gasteiger partial charge in [-0.1, -0.05) is 23.7 Å². The van der Waals surface area contributed by atoms with Crippen molar-refractivity contribution in [1.82, 2.24) is 9.97 Å². The SMILES string of the molecule is COc1ccccc1Oc1ncnc(Cl)c1OC. The lowest BCUT2D eigenvalue weighted by atomic mass is 10.3. The third-order valence-corrected chi connectivity index (χ3v) is 2.48. The molecule has 0 aliphatic rings. The van der Waals surface area contributed by atoms with Crippen molar-refractivity contribution in [2.75, 3.05) is 14.2 Å². The zero-order valence-electron chi connectivity index (χ0n) is 9.88. The van der Waals surface area contributed by atoms with Crippen molar-refractivity contribution in [2.24, 2.45) is 0 Å². The summed E-state index contributed by atoms with van der Waals surface area (Å²) in [6.07, 6.45) is 1.30. The first-order valence-corrected chi connectivity index (χ1v) is 5.49. The molecule has 0 atom stereocenters. The molecular weight excluding hydrogens is 256 g/mol. The Balaban J connectivity index is 2.37. The van der Waals surface area contributed by atoms with Gasteiger partial charge in [-0.25, -0.2) is 4.98 Å². The Morgan fingerprint density at radius 3 is 2.39 bits per heavy atom.